The summed E-state index contributed by atoms with van der Waals surface area (Å²) < 4.78 is 5.67. The summed E-state index contributed by atoms with van der Waals surface area (Å²) in [6, 6.07) is 8.40. The first-order valence-corrected chi connectivity index (χ1v) is 8.50. The lowest BCUT2D eigenvalue weighted by Crippen LogP contribution is -2.38. The van der Waals surface area contributed by atoms with Crippen LogP contribution in [0.5, 0.6) is 0 Å². The molecular formula is C18H30IN3O. The minimum absolute atomic E-state index is 0. The highest BCUT2D eigenvalue weighted by Crippen LogP contribution is 2.27. The monoisotopic (exact) mass is 431 g/mol. The molecule has 1 aromatic carbocycles. The zero-order chi connectivity index (χ0) is 15.6. The van der Waals surface area contributed by atoms with Crippen LogP contribution >= 0.6 is 24.0 Å². The smallest absolute Gasteiger partial charge is 0.191 e. The third-order valence-electron chi connectivity index (χ3n) is 3.73. The van der Waals surface area contributed by atoms with Gasteiger partial charge in [0.05, 0.1) is 13.2 Å². The molecule has 23 heavy (non-hydrogen) atoms. The van der Waals surface area contributed by atoms with Crippen molar-refractivity contribution in [3.05, 3.63) is 35.4 Å². The van der Waals surface area contributed by atoms with Crippen molar-refractivity contribution in [1.29, 1.82) is 0 Å². The average Bonchev–Trinajstić information content (AvgIpc) is 3.36. The largest absolute Gasteiger partial charge is 0.377 e. The van der Waals surface area contributed by atoms with E-state index in [0.717, 1.165) is 38.0 Å². The molecule has 1 aliphatic carbocycles. The first-order valence-electron chi connectivity index (χ1n) is 8.50. The Hall–Kier alpha value is -0.820. The van der Waals surface area contributed by atoms with Gasteiger partial charge in [-0.3, -0.25) is 0 Å². The van der Waals surface area contributed by atoms with Crippen LogP contribution in [0.3, 0.4) is 0 Å². The summed E-state index contributed by atoms with van der Waals surface area (Å²) in [7, 11) is 0. The van der Waals surface area contributed by atoms with Crippen molar-refractivity contribution in [2.24, 2.45) is 10.9 Å². The maximum atomic E-state index is 5.67. The Balaban J connectivity index is 0.00000264. The maximum absolute atomic E-state index is 5.67. The fourth-order valence-corrected chi connectivity index (χ4v) is 2.25. The van der Waals surface area contributed by atoms with Crippen molar-refractivity contribution in [2.45, 2.75) is 46.3 Å². The van der Waals surface area contributed by atoms with Gasteiger partial charge >= 0.3 is 0 Å². The molecule has 1 saturated carbocycles. The van der Waals surface area contributed by atoms with E-state index in [9.17, 15) is 0 Å². The standard InChI is InChI=1S/C18H29N3O.HI/c1-3-11-22-14-17-8-6-5-7-16(17)13-21-18(19-4-2)20-12-15-9-10-15;/h5-8,15H,3-4,9-14H2,1-2H3,(H2,19,20,21);1H. The van der Waals surface area contributed by atoms with E-state index in [4.69, 9.17) is 9.73 Å². The van der Waals surface area contributed by atoms with Gasteiger partial charge in [0.2, 0.25) is 0 Å². The van der Waals surface area contributed by atoms with Gasteiger partial charge in [-0.2, -0.15) is 0 Å². The van der Waals surface area contributed by atoms with Gasteiger partial charge in [0.25, 0.3) is 0 Å². The number of guanidine groups is 1. The Bertz CT molecular complexity index is 475. The molecule has 4 nitrogen and oxygen atoms in total. The van der Waals surface area contributed by atoms with Crippen LogP contribution in [0.2, 0.25) is 0 Å². The molecule has 0 heterocycles. The van der Waals surface area contributed by atoms with Crippen molar-refractivity contribution in [2.75, 3.05) is 19.7 Å². The summed E-state index contributed by atoms with van der Waals surface area (Å²) in [5.41, 5.74) is 2.47. The first kappa shape index (κ1) is 20.2. The van der Waals surface area contributed by atoms with E-state index in [2.05, 4.69) is 48.7 Å². The van der Waals surface area contributed by atoms with Crippen LogP contribution in [0, 0.1) is 5.92 Å². The van der Waals surface area contributed by atoms with Crippen LogP contribution in [0.25, 0.3) is 0 Å². The van der Waals surface area contributed by atoms with E-state index in [0.29, 0.717) is 13.2 Å². The molecular weight excluding hydrogens is 401 g/mol. The summed E-state index contributed by atoms with van der Waals surface area (Å²) in [5.74, 6) is 1.76. The molecule has 5 heteroatoms. The lowest BCUT2D eigenvalue weighted by Gasteiger charge is -2.12. The van der Waals surface area contributed by atoms with Crippen molar-refractivity contribution >= 4 is 29.9 Å². The summed E-state index contributed by atoms with van der Waals surface area (Å²) >= 11 is 0. The van der Waals surface area contributed by atoms with Gasteiger partial charge in [-0.1, -0.05) is 31.2 Å². The molecule has 0 aliphatic heterocycles. The normalized spacial score (nSPS) is 14.3. The molecule has 0 amide bonds. The zero-order valence-electron chi connectivity index (χ0n) is 14.3. The van der Waals surface area contributed by atoms with E-state index in [1.54, 1.807) is 0 Å². The highest BCUT2D eigenvalue weighted by molar-refractivity contribution is 14.0. The fourth-order valence-electron chi connectivity index (χ4n) is 2.25. The van der Waals surface area contributed by atoms with Gasteiger partial charge in [0.15, 0.2) is 5.96 Å². The lowest BCUT2D eigenvalue weighted by atomic mass is 10.1. The van der Waals surface area contributed by atoms with Crippen LogP contribution < -0.4 is 10.6 Å². The first-order chi connectivity index (χ1) is 10.8. The minimum Gasteiger partial charge on any atom is -0.377 e. The second kappa shape index (κ2) is 11.7. The molecule has 2 N–H and O–H groups in total. The number of benzene rings is 1. The molecule has 1 aliphatic rings. The van der Waals surface area contributed by atoms with Crippen molar-refractivity contribution in [3.8, 4) is 0 Å². The minimum atomic E-state index is 0. The zero-order valence-corrected chi connectivity index (χ0v) is 16.6. The Morgan fingerprint density at radius 2 is 1.91 bits per heavy atom. The number of hydrogen-bond acceptors (Lipinski definition) is 2. The molecule has 0 unspecified atom stereocenters. The second-order valence-electron chi connectivity index (χ2n) is 5.84. The number of rotatable bonds is 9. The number of hydrogen-bond donors (Lipinski definition) is 2. The Labute approximate surface area is 157 Å². The molecule has 0 aromatic heterocycles. The number of nitrogens with zero attached hydrogens (tertiary/aromatic N) is 1. The van der Waals surface area contributed by atoms with E-state index < -0.39 is 0 Å². The van der Waals surface area contributed by atoms with Crippen LogP contribution in [0.4, 0.5) is 0 Å². The van der Waals surface area contributed by atoms with E-state index in [1.807, 2.05) is 0 Å². The van der Waals surface area contributed by atoms with E-state index >= 15 is 0 Å². The van der Waals surface area contributed by atoms with Crippen LogP contribution in [0.1, 0.15) is 44.2 Å². The second-order valence-corrected chi connectivity index (χ2v) is 5.84. The predicted molar refractivity (Wildman–Crippen MR) is 107 cm³/mol. The van der Waals surface area contributed by atoms with Gasteiger partial charge in [-0.05, 0) is 43.2 Å². The maximum Gasteiger partial charge on any atom is 0.191 e. The topological polar surface area (TPSA) is 45.6 Å². The van der Waals surface area contributed by atoms with Crippen molar-refractivity contribution in [3.63, 3.8) is 0 Å². The Morgan fingerprint density at radius 1 is 1.17 bits per heavy atom. The SMILES string of the molecule is CCCOCc1ccccc1CN=C(NCC)NCC1CC1.I. The summed E-state index contributed by atoms with van der Waals surface area (Å²) in [5, 5.41) is 6.75. The van der Waals surface area contributed by atoms with E-state index in [-0.39, 0.29) is 24.0 Å². The third kappa shape index (κ3) is 8.01. The summed E-state index contributed by atoms with van der Waals surface area (Å²) in [6.45, 7) is 8.32. The number of nitrogens with one attached hydrogen (secondary N) is 2. The number of halogens is 1. The average molecular weight is 431 g/mol. The van der Waals surface area contributed by atoms with Gasteiger partial charge < -0.3 is 15.4 Å². The highest BCUT2D eigenvalue weighted by Gasteiger charge is 2.21. The van der Waals surface area contributed by atoms with Crippen LogP contribution in [0.15, 0.2) is 29.3 Å². The molecule has 2 rings (SSSR count). The molecule has 0 saturated heterocycles. The van der Waals surface area contributed by atoms with Crippen LogP contribution in [-0.4, -0.2) is 25.7 Å². The quantitative estimate of drug-likeness (QED) is 0.271. The van der Waals surface area contributed by atoms with Crippen molar-refractivity contribution < 1.29 is 4.74 Å². The molecule has 130 valence electrons. The summed E-state index contributed by atoms with van der Waals surface area (Å²) in [6.07, 6.45) is 3.75. The van der Waals surface area contributed by atoms with Crippen LogP contribution in [-0.2, 0) is 17.9 Å². The Morgan fingerprint density at radius 3 is 2.57 bits per heavy atom. The molecule has 0 radical (unpaired) electrons. The summed E-state index contributed by atoms with van der Waals surface area (Å²) in [4.78, 5) is 4.71. The van der Waals surface area contributed by atoms with Gasteiger partial charge in [-0.25, -0.2) is 4.99 Å². The van der Waals surface area contributed by atoms with Crippen molar-refractivity contribution in [1.82, 2.24) is 10.6 Å². The molecule has 1 aromatic rings. The van der Waals surface area contributed by atoms with Gasteiger partial charge in [-0.15, -0.1) is 24.0 Å². The third-order valence-corrected chi connectivity index (χ3v) is 3.73. The molecule has 0 spiro atoms. The Kier molecular flexibility index (Phi) is 10.3. The molecule has 0 atom stereocenters. The fraction of sp³-hybridized carbons (Fsp3) is 0.611. The predicted octanol–water partition coefficient (Wildman–Crippen LogP) is 3.70. The van der Waals surface area contributed by atoms with Gasteiger partial charge in [0.1, 0.15) is 0 Å². The number of aliphatic imine (C=N–C) groups is 1. The molecule has 0 bridgehead atoms. The van der Waals surface area contributed by atoms with Gasteiger partial charge in [0, 0.05) is 19.7 Å². The highest BCUT2D eigenvalue weighted by atomic mass is 127. The lowest BCUT2D eigenvalue weighted by molar-refractivity contribution is 0.121. The number of ether oxygens (including phenoxy) is 1. The molecule has 1 fully saturated rings. The van der Waals surface area contributed by atoms with E-state index in [1.165, 1.54) is 24.0 Å².